The Morgan fingerprint density at radius 3 is 2.62 bits per heavy atom. The van der Waals surface area contributed by atoms with E-state index in [4.69, 9.17) is 4.74 Å². The molecular weight excluding hydrogens is 337 g/mol. The lowest BCUT2D eigenvalue weighted by molar-refractivity contribution is -0.156. The van der Waals surface area contributed by atoms with Gasteiger partial charge in [-0.3, -0.25) is 4.79 Å². The van der Waals surface area contributed by atoms with E-state index in [0.717, 1.165) is 12.8 Å². The molecular formula is C19H26FN3O3. The van der Waals surface area contributed by atoms with Crippen LogP contribution in [-0.4, -0.2) is 66.7 Å². The number of carbonyl (C=O) groups excluding carboxylic acids is 2. The highest BCUT2D eigenvalue weighted by atomic mass is 19.1. The van der Waals surface area contributed by atoms with E-state index in [9.17, 15) is 14.0 Å². The van der Waals surface area contributed by atoms with E-state index in [1.165, 1.54) is 6.07 Å². The van der Waals surface area contributed by atoms with Gasteiger partial charge in [-0.2, -0.15) is 0 Å². The predicted octanol–water partition coefficient (Wildman–Crippen LogP) is 1.79. The van der Waals surface area contributed by atoms with Gasteiger partial charge >= 0.3 is 6.03 Å². The topological polar surface area (TPSA) is 61.9 Å². The highest BCUT2D eigenvalue weighted by Gasteiger charge is 2.41. The van der Waals surface area contributed by atoms with E-state index >= 15 is 0 Å². The minimum absolute atomic E-state index is 0.0704. The number of nitrogens with zero attached hydrogens (tertiary/aromatic N) is 2. The van der Waals surface area contributed by atoms with Crippen molar-refractivity contribution in [2.45, 2.75) is 31.8 Å². The lowest BCUT2D eigenvalue weighted by Gasteiger charge is -2.47. The van der Waals surface area contributed by atoms with Crippen LogP contribution in [0.1, 0.15) is 25.3 Å². The molecule has 2 aliphatic heterocycles. The van der Waals surface area contributed by atoms with Crippen molar-refractivity contribution in [3.8, 4) is 0 Å². The standard InChI is InChI=1S/C19H26FN3O3/c1-15(24)23-12-13-26-19(14-23)7-10-22(11-8-19)18(25)21-9-6-16-4-2-3-5-17(16)20/h2-5H,6-14H2,1H3,(H,21,25). The maximum absolute atomic E-state index is 13.6. The number of halogens is 1. The zero-order valence-electron chi connectivity index (χ0n) is 15.2. The van der Waals surface area contributed by atoms with E-state index in [2.05, 4.69) is 5.32 Å². The third-order valence-corrected chi connectivity index (χ3v) is 5.28. The number of urea groups is 1. The van der Waals surface area contributed by atoms with E-state index in [-0.39, 0.29) is 23.4 Å². The van der Waals surface area contributed by atoms with Crippen LogP contribution < -0.4 is 5.32 Å². The van der Waals surface area contributed by atoms with Crippen LogP contribution >= 0.6 is 0 Å². The molecule has 0 bridgehead atoms. The van der Waals surface area contributed by atoms with Gasteiger partial charge < -0.3 is 19.9 Å². The number of nitrogens with one attached hydrogen (secondary N) is 1. The van der Waals surface area contributed by atoms with Crippen LogP contribution in [0.3, 0.4) is 0 Å². The Morgan fingerprint density at radius 1 is 1.19 bits per heavy atom. The Labute approximate surface area is 153 Å². The highest BCUT2D eigenvalue weighted by molar-refractivity contribution is 5.74. The Balaban J connectivity index is 1.45. The number of hydrogen-bond acceptors (Lipinski definition) is 3. The van der Waals surface area contributed by atoms with Crippen molar-refractivity contribution in [1.29, 1.82) is 0 Å². The maximum Gasteiger partial charge on any atom is 0.317 e. The van der Waals surface area contributed by atoms with Gasteiger partial charge in [-0.25, -0.2) is 9.18 Å². The fourth-order valence-electron chi connectivity index (χ4n) is 3.65. The SMILES string of the molecule is CC(=O)N1CCOC2(CCN(C(=O)NCCc3ccccc3F)CC2)C1. The molecule has 1 aromatic rings. The summed E-state index contributed by atoms with van der Waals surface area (Å²) >= 11 is 0. The van der Waals surface area contributed by atoms with Crippen LogP contribution in [0.2, 0.25) is 0 Å². The first kappa shape index (κ1) is 18.6. The highest BCUT2D eigenvalue weighted by Crippen LogP contribution is 2.30. The summed E-state index contributed by atoms with van der Waals surface area (Å²) in [5.41, 5.74) is 0.277. The van der Waals surface area contributed by atoms with Gasteiger partial charge in [0.2, 0.25) is 5.91 Å². The molecule has 7 heteroatoms. The monoisotopic (exact) mass is 363 g/mol. The molecule has 0 saturated carbocycles. The van der Waals surface area contributed by atoms with Crippen molar-refractivity contribution in [1.82, 2.24) is 15.1 Å². The van der Waals surface area contributed by atoms with Crippen LogP contribution in [0.25, 0.3) is 0 Å². The van der Waals surface area contributed by atoms with E-state index in [1.54, 1.807) is 30.0 Å². The summed E-state index contributed by atoms with van der Waals surface area (Å²) in [6.45, 7) is 4.96. The molecule has 1 N–H and O–H groups in total. The van der Waals surface area contributed by atoms with Gasteiger partial charge in [0.15, 0.2) is 0 Å². The Kier molecular flexibility index (Phi) is 5.76. The summed E-state index contributed by atoms with van der Waals surface area (Å²) in [6, 6.07) is 6.47. The molecule has 2 fully saturated rings. The molecule has 2 aliphatic rings. The molecule has 0 aromatic heterocycles. The summed E-state index contributed by atoms with van der Waals surface area (Å²) in [5, 5.41) is 2.86. The van der Waals surface area contributed by atoms with Gasteiger partial charge in [-0.05, 0) is 30.9 Å². The first-order valence-electron chi connectivity index (χ1n) is 9.15. The average Bonchev–Trinajstić information content (AvgIpc) is 2.64. The fourth-order valence-corrected chi connectivity index (χ4v) is 3.65. The Bertz CT molecular complexity index is 659. The fraction of sp³-hybridized carbons (Fsp3) is 0.579. The van der Waals surface area contributed by atoms with Gasteiger partial charge in [-0.1, -0.05) is 18.2 Å². The first-order chi connectivity index (χ1) is 12.5. The van der Waals surface area contributed by atoms with Crippen molar-refractivity contribution in [3.05, 3.63) is 35.6 Å². The van der Waals surface area contributed by atoms with Crippen molar-refractivity contribution in [2.75, 3.05) is 39.3 Å². The zero-order valence-corrected chi connectivity index (χ0v) is 15.2. The third kappa shape index (κ3) is 4.33. The molecule has 26 heavy (non-hydrogen) atoms. The molecule has 2 heterocycles. The number of likely N-dealkylation sites (tertiary alicyclic amines) is 1. The summed E-state index contributed by atoms with van der Waals surface area (Å²) in [6.07, 6.45) is 1.90. The predicted molar refractivity (Wildman–Crippen MR) is 95.2 cm³/mol. The quantitative estimate of drug-likeness (QED) is 0.891. The van der Waals surface area contributed by atoms with Gasteiger partial charge in [0.1, 0.15) is 5.82 Å². The van der Waals surface area contributed by atoms with Crippen LogP contribution in [0.15, 0.2) is 24.3 Å². The molecule has 0 atom stereocenters. The molecule has 1 aromatic carbocycles. The van der Waals surface area contributed by atoms with Crippen LogP contribution in [0, 0.1) is 5.82 Å². The molecule has 3 rings (SSSR count). The third-order valence-electron chi connectivity index (χ3n) is 5.28. The van der Waals surface area contributed by atoms with Gasteiger partial charge in [0.05, 0.1) is 12.2 Å². The van der Waals surface area contributed by atoms with Gasteiger partial charge in [-0.15, -0.1) is 0 Å². The molecule has 0 unspecified atom stereocenters. The molecule has 6 nitrogen and oxygen atoms in total. The lowest BCUT2D eigenvalue weighted by atomic mass is 9.89. The smallest absolute Gasteiger partial charge is 0.317 e. The van der Waals surface area contributed by atoms with E-state index in [1.807, 2.05) is 4.90 Å². The van der Waals surface area contributed by atoms with Crippen LogP contribution in [0.5, 0.6) is 0 Å². The largest absolute Gasteiger partial charge is 0.371 e. The summed E-state index contributed by atoms with van der Waals surface area (Å²) in [5.74, 6) is -0.174. The minimum atomic E-state index is -0.326. The minimum Gasteiger partial charge on any atom is -0.371 e. The number of amides is 3. The lowest BCUT2D eigenvalue weighted by Crippen LogP contribution is -2.59. The Hall–Kier alpha value is -2.15. The average molecular weight is 363 g/mol. The number of piperidine rings is 1. The molecule has 0 aliphatic carbocycles. The number of ether oxygens (including phenoxy) is 1. The van der Waals surface area contributed by atoms with Crippen molar-refractivity contribution >= 4 is 11.9 Å². The summed E-state index contributed by atoms with van der Waals surface area (Å²) in [4.78, 5) is 27.6. The molecule has 0 radical (unpaired) electrons. The second kappa shape index (κ2) is 8.03. The number of hydrogen-bond donors (Lipinski definition) is 1. The number of benzene rings is 1. The summed E-state index contributed by atoms with van der Waals surface area (Å²) < 4.78 is 19.6. The number of rotatable bonds is 3. The van der Waals surface area contributed by atoms with E-state index < -0.39 is 0 Å². The van der Waals surface area contributed by atoms with Crippen molar-refractivity contribution < 1.29 is 18.7 Å². The van der Waals surface area contributed by atoms with Crippen molar-refractivity contribution in [2.24, 2.45) is 0 Å². The molecule has 2 saturated heterocycles. The summed E-state index contributed by atoms with van der Waals surface area (Å²) in [7, 11) is 0. The first-order valence-corrected chi connectivity index (χ1v) is 9.15. The van der Waals surface area contributed by atoms with Gasteiger partial charge in [0.25, 0.3) is 0 Å². The zero-order chi connectivity index (χ0) is 18.6. The Morgan fingerprint density at radius 2 is 1.92 bits per heavy atom. The molecule has 3 amide bonds. The maximum atomic E-state index is 13.6. The second-order valence-electron chi connectivity index (χ2n) is 7.03. The van der Waals surface area contributed by atoms with Crippen molar-refractivity contribution in [3.63, 3.8) is 0 Å². The number of carbonyl (C=O) groups is 2. The second-order valence-corrected chi connectivity index (χ2v) is 7.03. The van der Waals surface area contributed by atoms with Crippen LogP contribution in [-0.2, 0) is 16.0 Å². The van der Waals surface area contributed by atoms with Gasteiger partial charge in [0, 0.05) is 39.6 Å². The normalized spacial score (nSPS) is 19.5. The molecule has 1 spiro atoms. The number of morpholine rings is 1. The molecule has 142 valence electrons. The van der Waals surface area contributed by atoms with E-state index in [0.29, 0.717) is 51.3 Å². The van der Waals surface area contributed by atoms with Crippen LogP contribution in [0.4, 0.5) is 9.18 Å².